The molecule has 3 heterocycles. The average Bonchev–Trinajstić information content (AvgIpc) is 3.23. The number of hydrogen-bond donors (Lipinski definition) is 1. The zero-order valence-electron chi connectivity index (χ0n) is 12.7. The molecule has 0 spiro atoms. The van der Waals surface area contributed by atoms with Crippen LogP contribution >= 0.6 is 11.3 Å². The van der Waals surface area contributed by atoms with Gasteiger partial charge in [-0.2, -0.15) is 0 Å². The predicted octanol–water partition coefficient (Wildman–Crippen LogP) is 1.23. The molecular formula is C15H17N5O2S. The predicted molar refractivity (Wildman–Crippen MR) is 85.4 cm³/mol. The quantitative estimate of drug-likeness (QED) is 0.910. The third-order valence-corrected chi connectivity index (χ3v) is 4.65. The van der Waals surface area contributed by atoms with Gasteiger partial charge in [0.2, 0.25) is 11.8 Å². The molecular weight excluding hydrogens is 314 g/mol. The van der Waals surface area contributed by atoms with Crippen molar-refractivity contribution in [3.05, 3.63) is 29.7 Å². The van der Waals surface area contributed by atoms with Crippen molar-refractivity contribution in [2.24, 2.45) is 0 Å². The van der Waals surface area contributed by atoms with Crippen molar-refractivity contribution in [3.8, 4) is 10.7 Å². The summed E-state index contributed by atoms with van der Waals surface area (Å²) in [6.45, 7) is 2.50. The minimum atomic E-state index is -0.356. The van der Waals surface area contributed by atoms with Crippen LogP contribution < -0.4 is 5.32 Å². The summed E-state index contributed by atoms with van der Waals surface area (Å²) in [5, 5.41) is 5.53. The Labute approximate surface area is 137 Å². The first kappa shape index (κ1) is 15.5. The Hall–Kier alpha value is -2.35. The van der Waals surface area contributed by atoms with Gasteiger partial charge in [0.15, 0.2) is 0 Å². The molecule has 120 valence electrons. The molecule has 2 amide bonds. The molecule has 0 saturated carbocycles. The van der Waals surface area contributed by atoms with Crippen LogP contribution in [0.3, 0.4) is 0 Å². The molecule has 1 atom stereocenters. The highest BCUT2D eigenvalue weighted by molar-refractivity contribution is 7.13. The largest absolute Gasteiger partial charge is 0.349 e. The number of amides is 2. The van der Waals surface area contributed by atoms with Crippen LogP contribution in [-0.2, 0) is 16.1 Å². The molecule has 8 heteroatoms. The molecule has 1 aliphatic heterocycles. The number of aromatic nitrogens is 3. The summed E-state index contributed by atoms with van der Waals surface area (Å²) < 4.78 is 0. The zero-order chi connectivity index (χ0) is 16.2. The molecule has 0 bridgehead atoms. The Morgan fingerprint density at radius 2 is 2.30 bits per heavy atom. The number of hydrogen-bond acceptors (Lipinski definition) is 6. The van der Waals surface area contributed by atoms with Gasteiger partial charge < -0.3 is 10.2 Å². The minimum absolute atomic E-state index is 0.0544. The van der Waals surface area contributed by atoms with Gasteiger partial charge in [-0.15, -0.1) is 11.3 Å². The first-order chi connectivity index (χ1) is 11.1. The summed E-state index contributed by atoms with van der Waals surface area (Å²) in [6, 6.07) is -0.356. The first-order valence-electron chi connectivity index (χ1n) is 7.41. The van der Waals surface area contributed by atoms with E-state index in [-0.39, 0.29) is 17.9 Å². The lowest BCUT2D eigenvalue weighted by Gasteiger charge is -2.22. The Kier molecular flexibility index (Phi) is 4.61. The molecule has 2 aromatic heterocycles. The van der Waals surface area contributed by atoms with Gasteiger partial charge in [0, 0.05) is 31.2 Å². The highest BCUT2D eigenvalue weighted by Gasteiger charge is 2.32. The number of likely N-dealkylation sites (tertiary alicyclic amines) is 1. The topological polar surface area (TPSA) is 88.1 Å². The van der Waals surface area contributed by atoms with Crippen LogP contribution in [0.2, 0.25) is 0 Å². The van der Waals surface area contributed by atoms with E-state index in [9.17, 15) is 9.59 Å². The molecule has 23 heavy (non-hydrogen) atoms. The van der Waals surface area contributed by atoms with E-state index >= 15 is 0 Å². The van der Waals surface area contributed by atoms with Gasteiger partial charge in [-0.3, -0.25) is 19.6 Å². The normalized spacial score (nSPS) is 17.3. The molecule has 3 rings (SSSR count). The Morgan fingerprint density at radius 3 is 3.04 bits per heavy atom. The van der Waals surface area contributed by atoms with Crippen molar-refractivity contribution in [1.29, 1.82) is 0 Å². The molecule has 0 radical (unpaired) electrons. The van der Waals surface area contributed by atoms with E-state index in [4.69, 9.17) is 0 Å². The van der Waals surface area contributed by atoms with Crippen molar-refractivity contribution >= 4 is 23.2 Å². The summed E-state index contributed by atoms with van der Waals surface area (Å²) in [4.78, 5) is 38.1. The van der Waals surface area contributed by atoms with Crippen LogP contribution in [-0.4, -0.2) is 44.3 Å². The Bertz CT molecular complexity index is 703. The van der Waals surface area contributed by atoms with Gasteiger partial charge in [-0.05, 0) is 12.8 Å². The highest BCUT2D eigenvalue weighted by Crippen LogP contribution is 2.21. The zero-order valence-corrected chi connectivity index (χ0v) is 13.5. The third kappa shape index (κ3) is 3.53. The molecule has 2 aromatic rings. The fourth-order valence-electron chi connectivity index (χ4n) is 2.63. The van der Waals surface area contributed by atoms with Gasteiger partial charge in [0.1, 0.15) is 16.7 Å². The van der Waals surface area contributed by atoms with Crippen molar-refractivity contribution in [2.45, 2.75) is 32.4 Å². The van der Waals surface area contributed by atoms with Gasteiger partial charge in [-0.1, -0.05) is 0 Å². The first-order valence-corrected chi connectivity index (χ1v) is 8.29. The number of nitrogens with zero attached hydrogens (tertiary/aromatic N) is 4. The fourth-order valence-corrected chi connectivity index (χ4v) is 3.41. The van der Waals surface area contributed by atoms with Crippen LogP contribution in [0.15, 0.2) is 24.0 Å². The van der Waals surface area contributed by atoms with Gasteiger partial charge in [0.25, 0.3) is 0 Å². The van der Waals surface area contributed by atoms with Crippen molar-refractivity contribution in [3.63, 3.8) is 0 Å². The number of carbonyl (C=O) groups excluding carboxylic acids is 2. The van der Waals surface area contributed by atoms with E-state index in [0.717, 1.165) is 17.1 Å². The van der Waals surface area contributed by atoms with Gasteiger partial charge in [-0.25, -0.2) is 4.98 Å². The van der Waals surface area contributed by atoms with Crippen LogP contribution in [0, 0.1) is 0 Å². The smallest absolute Gasteiger partial charge is 0.243 e. The molecule has 0 aliphatic carbocycles. The standard InChI is InChI=1S/C15H17N5O2S/c1-10(21)20-6-2-3-13(20)14(22)18-7-11-9-23-15(19-11)12-8-16-4-5-17-12/h4-5,8-9,13H,2-3,6-7H2,1H3,(H,18,22). The summed E-state index contributed by atoms with van der Waals surface area (Å²) in [5.41, 5.74) is 1.49. The second-order valence-corrected chi connectivity index (χ2v) is 6.18. The molecule has 1 fully saturated rings. The molecule has 1 unspecified atom stereocenters. The number of rotatable bonds is 4. The number of thiazole rings is 1. The van der Waals surface area contributed by atoms with E-state index in [2.05, 4.69) is 20.3 Å². The fraction of sp³-hybridized carbons (Fsp3) is 0.400. The maximum atomic E-state index is 12.3. The minimum Gasteiger partial charge on any atom is -0.349 e. The molecule has 1 aliphatic rings. The summed E-state index contributed by atoms with van der Waals surface area (Å²) >= 11 is 1.46. The van der Waals surface area contributed by atoms with E-state index in [1.165, 1.54) is 18.3 Å². The molecule has 1 saturated heterocycles. The summed E-state index contributed by atoms with van der Waals surface area (Å²) in [5.74, 6) is -0.173. The summed E-state index contributed by atoms with van der Waals surface area (Å²) in [6.07, 6.45) is 6.47. The Morgan fingerprint density at radius 1 is 1.43 bits per heavy atom. The van der Waals surface area contributed by atoms with Crippen molar-refractivity contribution < 1.29 is 9.59 Å². The number of carbonyl (C=O) groups is 2. The monoisotopic (exact) mass is 331 g/mol. The number of nitrogens with one attached hydrogen (secondary N) is 1. The second kappa shape index (κ2) is 6.82. The van der Waals surface area contributed by atoms with E-state index in [0.29, 0.717) is 25.2 Å². The highest BCUT2D eigenvalue weighted by atomic mass is 32.1. The molecule has 7 nitrogen and oxygen atoms in total. The lowest BCUT2D eigenvalue weighted by atomic mass is 10.2. The van der Waals surface area contributed by atoms with Gasteiger partial charge in [0.05, 0.1) is 18.4 Å². The van der Waals surface area contributed by atoms with Gasteiger partial charge >= 0.3 is 0 Å². The van der Waals surface area contributed by atoms with E-state index < -0.39 is 0 Å². The maximum absolute atomic E-state index is 12.3. The second-order valence-electron chi connectivity index (χ2n) is 5.32. The molecule has 0 aromatic carbocycles. The summed E-state index contributed by atoms with van der Waals surface area (Å²) in [7, 11) is 0. The SMILES string of the molecule is CC(=O)N1CCCC1C(=O)NCc1csc(-c2cnccn2)n1. The lowest BCUT2D eigenvalue weighted by Crippen LogP contribution is -2.44. The Balaban J connectivity index is 1.60. The third-order valence-electron chi connectivity index (χ3n) is 3.74. The van der Waals surface area contributed by atoms with E-state index in [1.54, 1.807) is 23.5 Å². The van der Waals surface area contributed by atoms with Crippen molar-refractivity contribution in [2.75, 3.05) is 6.54 Å². The van der Waals surface area contributed by atoms with Crippen molar-refractivity contribution in [1.82, 2.24) is 25.2 Å². The van der Waals surface area contributed by atoms with Crippen LogP contribution in [0.4, 0.5) is 0 Å². The van der Waals surface area contributed by atoms with Crippen LogP contribution in [0.1, 0.15) is 25.5 Å². The molecule has 1 N–H and O–H groups in total. The van der Waals surface area contributed by atoms with Crippen LogP contribution in [0.25, 0.3) is 10.7 Å². The average molecular weight is 331 g/mol. The van der Waals surface area contributed by atoms with Crippen LogP contribution in [0.5, 0.6) is 0 Å². The maximum Gasteiger partial charge on any atom is 0.243 e. The lowest BCUT2D eigenvalue weighted by molar-refractivity contribution is -0.136. The van der Waals surface area contributed by atoms with E-state index in [1.807, 2.05) is 5.38 Å².